The first kappa shape index (κ1) is 27.5. The Kier molecular flexibility index (Phi) is 7.34. The molecule has 1 amide bonds. The van der Waals surface area contributed by atoms with E-state index in [2.05, 4.69) is 27.4 Å². The van der Waals surface area contributed by atoms with Crippen molar-refractivity contribution in [2.45, 2.75) is 71.6 Å². The van der Waals surface area contributed by atoms with E-state index in [0.29, 0.717) is 44.0 Å². The van der Waals surface area contributed by atoms with Crippen molar-refractivity contribution in [3.05, 3.63) is 59.8 Å². The number of ketones is 2. The molecule has 9 nitrogen and oxygen atoms in total. The van der Waals surface area contributed by atoms with Crippen molar-refractivity contribution >= 4 is 28.4 Å². The summed E-state index contributed by atoms with van der Waals surface area (Å²) in [6, 6.07) is 3.68. The fourth-order valence-corrected chi connectivity index (χ4v) is 6.64. The molecular formula is C32H37N5O4. The molecule has 9 heteroatoms. The van der Waals surface area contributed by atoms with Crippen LogP contribution < -0.4 is 5.32 Å². The maximum absolute atomic E-state index is 14.0. The normalized spacial score (nSPS) is 25.5. The number of carbonyl (C=O) groups is 3. The Balaban J connectivity index is 1.45. The summed E-state index contributed by atoms with van der Waals surface area (Å²) in [7, 11) is 0. The molecule has 3 aliphatic rings. The Morgan fingerprint density at radius 1 is 1.15 bits per heavy atom. The van der Waals surface area contributed by atoms with Gasteiger partial charge in [-0.25, -0.2) is 9.97 Å². The van der Waals surface area contributed by atoms with E-state index in [1.165, 1.54) is 0 Å². The number of benzene rings is 1. The van der Waals surface area contributed by atoms with Gasteiger partial charge < -0.3 is 19.5 Å². The van der Waals surface area contributed by atoms with Crippen LogP contribution in [0.2, 0.25) is 0 Å². The molecule has 3 aromatic rings. The minimum absolute atomic E-state index is 0.0125. The van der Waals surface area contributed by atoms with E-state index in [1.54, 1.807) is 25.5 Å². The molecule has 1 N–H and O–H groups in total. The summed E-state index contributed by atoms with van der Waals surface area (Å²) in [5.41, 5.74) is 4.04. The van der Waals surface area contributed by atoms with E-state index in [0.717, 1.165) is 47.0 Å². The third kappa shape index (κ3) is 5.13. The van der Waals surface area contributed by atoms with E-state index >= 15 is 0 Å². The van der Waals surface area contributed by atoms with Crippen molar-refractivity contribution in [1.82, 2.24) is 24.8 Å². The molecule has 1 aromatic carbocycles. The second kappa shape index (κ2) is 10.9. The number of amides is 1. The molecule has 41 heavy (non-hydrogen) atoms. The summed E-state index contributed by atoms with van der Waals surface area (Å²) in [4.78, 5) is 50.4. The molecule has 6 rings (SSSR count). The molecule has 1 saturated heterocycles. The SMILES string of the molecule is CCC(=O)[C@@H]1C[C@]23COC/C=C\CCNCc4cc(-c5cnc(C)nc5)cc5c(C(C)=O)cn(c45)CC(=O)N1[C@@H]2C3. The monoisotopic (exact) mass is 555 g/mol. The van der Waals surface area contributed by atoms with Crippen LogP contribution in [0.3, 0.4) is 0 Å². The van der Waals surface area contributed by atoms with E-state index < -0.39 is 6.04 Å². The highest BCUT2D eigenvalue weighted by molar-refractivity contribution is 6.09. The maximum Gasteiger partial charge on any atom is 0.243 e. The number of aromatic nitrogens is 3. The lowest BCUT2D eigenvalue weighted by molar-refractivity contribution is -0.139. The van der Waals surface area contributed by atoms with Crippen molar-refractivity contribution in [3.63, 3.8) is 0 Å². The van der Waals surface area contributed by atoms with Crippen LogP contribution in [0.4, 0.5) is 0 Å². The number of Topliss-reactive ketones (excluding diaryl/α,β-unsaturated/α-hetero) is 2. The van der Waals surface area contributed by atoms with Gasteiger partial charge in [-0.05, 0) is 62.9 Å². The molecule has 1 saturated carbocycles. The van der Waals surface area contributed by atoms with Crippen LogP contribution in [-0.2, 0) is 27.4 Å². The quantitative estimate of drug-likeness (QED) is 0.383. The number of ether oxygens (including phenoxy) is 1. The summed E-state index contributed by atoms with van der Waals surface area (Å²) in [5.74, 6) is 0.626. The number of hydrogen-bond acceptors (Lipinski definition) is 7. The van der Waals surface area contributed by atoms with Crippen LogP contribution in [0.15, 0.2) is 42.9 Å². The molecule has 1 aliphatic carbocycles. The molecule has 3 atom stereocenters. The van der Waals surface area contributed by atoms with E-state index in [-0.39, 0.29) is 35.5 Å². The summed E-state index contributed by atoms with van der Waals surface area (Å²) in [6.07, 6.45) is 12.3. The number of rotatable bonds is 4. The first-order valence-electron chi connectivity index (χ1n) is 14.5. The van der Waals surface area contributed by atoms with Gasteiger partial charge >= 0.3 is 0 Å². The first-order valence-corrected chi connectivity index (χ1v) is 14.5. The van der Waals surface area contributed by atoms with Crippen LogP contribution in [0.25, 0.3) is 22.0 Å². The van der Waals surface area contributed by atoms with E-state index in [1.807, 2.05) is 35.5 Å². The van der Waals surface area contributed by atoms with Gasteiger partial charge in [-0.15, -0.1) is 0 Å². The Hall–Kier alpha value is -3.69. The third-order valence-electron chi connectivity index (χ3n) is 8.85. The number of hydrogen-bond donors (Lipinski definition) is 1. The molecule has 2 aromatic heterocycles. The lowest BCUT2D eigenvalue weighted by Gasteiger charge is -2.27. The largest absolute Gasteiger partial charge is 0.377 e. The van der Waals surface area contributed by atoms with Gasteiger partial charge in [-0.2, -0.15) is 0 Å². The molecule has 2 fully saturated rings. The van der Waals surface area contributed by atoms with Crippen molar-refractivity contribution in [1.29, 1.82) is 0 Å². The zero-order valence-electron chi connectivity index (χ0n) is 24.0. The minimum Gasteiger partial charge on any atom is -0.377 e. The van der Waals surface area contributed by atoms with Crippen molar-refractivity contribution < 1.29 is 19.1 Å². The fourth-order valence-electron chi connectivity index (χ4n) is 6.64. The number of nitrogens with zero attached hydrogens (tertiary/aromatic N) is 4. The smallest absolute Gasteiger partial charge is 0.243 e. The molecule has 4 heterocycles. The zero-order valence-corrected chi connectivity index (χ0v) is 24.0. The highest BCUT2D eigenvalue weighted by Gasteiger charge is 2.66. The van der Waals surface area contributed by atoms with Gasteiger partial charge in [0, 0.05) is 59.5 Å². The first-order chi connectivity index (χ1) is 19.8. The Morgan fingerprint density at radius 3 is 2.71 bits per heavy atom. The van der Waals surface area contributed by atoms with Crippen molar-refractivity contribution in [3.8, 4) is 11.1 Å². The summed E-state index contributed by atoms with van der Waals surface area (Å²) < 4.78 is 7.92. The molecule has 0 spiro atoms. The van der Waals surface area contributed by atoms with Gasteiger partial charge in [0.15, 0.2) is 11.6 Å². The molecule has 2 bridgehead atoms. The minimum atomic E-state index is -0.423. The maximum atomic E-state index is 14.0. The van der Waals surface area contributed by atoms with Crippen LogP contribution in [-0.4, -0.2) is 68.8 Å². The molecule has 214 valence electrons. The second-order valence-electron chi connectivity index (χ2n) is 11.7. The number of aryl methyl sites for hydroxylation is 1. The number of carbonyl (C=O) groups excluding carboxylic acids is 3. The standard InChI is InChI=1S/C32H37N5O4/c1-4-28(39)27-12-32-13-29(32)37(27)30(40)18-36-17-26(20(2)38)25-11-22(24-15-34-21(3)35-16-24)10-23(31(25)36)14-33-8-6-5-7-9-41-19-32/h5,7,10-11,15-17,27,29,33H,4,6,8-9,12-14,18-19H2,1-3H3/b7-5-/t27-,29+,32-/m0/s1. The lowest BCUT2D eigenvalue weighted by atomic mass is 9.97. The van der Waals surface area contributed by atoms with Gasteiger partial charge in [0.25, 0.3) is 0 Å². The average Bonchev–Trinajstić information content (AvgIpc) is 3.36. The van der Waals surface area contributed by atoms with Crippen LogP contribution in [0.1, 0.15) is 61.3 Å². The van der Waals surface area contributed by atoms with Gasteiger partial charge in [0.1, 0.15) is 12.4 Å². The summed E-state index contributed by atoms with van der Waals surface area (Å²) >= 11 is 0. The van der Waals surface area contributed by atoms with Gasteiger partial charge in [0.2, 0.25) is 5.91 Å². The zero-order chi connectivity index (χ0) is 28.7. The van der Waals surface area contributed by atoms with Gasteiger partial charge in [-0.3, -0.25) is 14.4 Å². The highest BCUT2D eigenvalue weighted by Crippen LogP contribution is 2.60. The second-order valence-corrected chi connectivity index (χ2v) is 11.7. The van der Waals surface area contributed by atoms with Crippen LogP contribution in [0.5, 0.6) is 0 Å². The lowest BCUT2D eigenvalue weighted by Crippen LogP contribution is -2.44. The number of nitrogens with one attached hydrogen (secondary N) is 1. The molecule has 0 unspecified atom stereocenters. The van der Waals surface area contributed by atoms with E-state index in [4.69, 9.17) is 4.74 Å². The predicted octanol–water partition coefficient (Wildman–Crippen LogP) is 4.01. The fraction of sp³-hybridized carbons (Fsp3) is 0.469. The van der Waals surface area contributed by atoms with Crippen LogP contribution in [0, 0.1) is 12.3 Å². The number of piperidine rings is 1. The van der Waals surface area contributed by atoms with Crippen molar-refractivity contribution in [2.75, 3.05) is 19.8 Å². The van der Waals surface area contributed by atoms with Crippen molar-refractivity contribution in [2.24, 2.45) is 5.41 Å². The summed E-state index contributed by atoms with van der Waals surface area (Å²) in [6.45, 7) is 7.73. The van der Waals surface area contributed by atoms with E-state index in [9.17, 15) is 14.4 Å². The Bertz CT molecular complexity index is 1540. The van der Waals surface area contributed by atoms with Gasteiger partial charge in [0.05, 0.1) is 24.8 Å². The Labute approximate surface area is 240 Å². The average molecular weight is 556 g/mol. The molecule has 0 radical (unpaired) electrons. The Morgan fingerprint density at radius 2 is 1.95 bits per heavy atom. The molecule has 2 aliphatic heterocycles. The van der Waals surface area contributed by atoms with Crippen LogP contribution >= 0.6 is 0 Å². The topological polar surface area (TPSA) is 106 Å². The van der Waals surface area contributed by atoms with Gasteiger partial charge in [-0.1, -0.05) is 19.1 Å². The third-order valence-corrected chi connectivity index (χ3v) is 8.85. The molecular weight excluding hydrogens is 518 g/mol. The highest BCUT2D eigenvalue weighted by atomic mass is 16.5. The predicted molar refractivity (Wildman–Crippen MR) is 155 cm³/mol. The summed E-state index contributed by atoms with van der Waals surface area (Å²) in [5, 5.41) is 4.33.